The minimum atomic E-state index is -0.685. The number of Topliss-reactive ketones (excluding diaryl/α,β-unsaturated/α-hetero) is 2. The lowest BCUT2D eigenvalue weighted by Gasteiger charge is -2.30. The first-order chi connectivity index (χ1) is 18.4. The Bertz CT molecular complexity index is 706. The van der Waals surface area contributed by atoms with Crippen molar-refractivity contribution in [1.29, 1.82) is 0 Å². The van der Waals surface area contributed by atoms with Gasteiger partial charge in [-0.15, -0.1) is 0 Å². The van der Waals surface area contributed by atoms with Crippen LogP contribution < -0.4 is 5.32 Å². The van der Waals surface area contributed by atoms with Crippen molar-refractivity contribution in [3.8, 4) is 0 Å². The van der Waals surface area contributed by atoms with Gasteiger partial charge in [-0.1, -0.05) is 89.7 Å². The number of nitrogens with one attached hydrogen (secondary N) is 1. The maximum absolute atomic E-state index is 13.0. The number of aliphatic hydroxyl groups is 1. The van der Waals surface area contributed by atoms with Gasteiger partial charge < -0.3 is 10.4 Å². The van der Waals surface area contributed by atoms with Gasteiger partial charge in [0.2, 0.25) is 5.91 Å². The lowest BCUT2D eigenvalue weighted by Crippen LogP contribution is -2.36. The Morgan fingerprint density at radius 2 is 1.53 bits per heavy atom. The number of carbonyl (C=O) groups excluding carboxylic acids is 3. The fourth-order valence-corrected chi connectivity index (χ4v) is 6.49. The smallest absolute Gasteiger partial charge is 0.223 e. The number of carbonyl (C=O) groups is 3. The normalized spacial score (nSPS) is 19.8. The predicted molar refractivity (Wildman–Crippen MR) is 156 cm³/mol. The van der Waals surface area contributed by atoms with E-state index in [1.807, 2.05) is 19.1 Å². The Labute approximate surface area is 233 Å². The zero-order valence-electron chi connectivity index (χ0n) is 24.6. The van der Waals surface area contributed by atoms with Crippen LogP contribution in [0.3, 0.4) is 0 Å². The molecule has 0 heterocycles. The standard InChI is InChI=1S/C33H57NO4/c1-3-5-17-28(33(38)34-22-6-4-2)25-32(37)29(23-27-15-11-8-12-16-27)24-31(36)21-20-30(35)19-18-26-13-9-7-10-14-26/h3,5,26-29,32,37H,4,6-25H2,1-2H3,(H,34,38). The van der Waals surface area contributed by atoms with Crippen LogP contribution in [0.25, 0.3) is 0 Å². The van der Waals surface area contributed by atoms with E-state index in [0.29, 0.717) is 50.5 Å². The molecule has 0 aromatic heterocycles. The van der Waals surface area contributed by atoms with Crippen LogP contribution in [-0.2, 0) is 14.4 Å². The molecule has 1 amide bonds. The van der Waals surface area contributed by atoms with Crippen molar-refractivity contribution in [2.75, 3.05) is 6.54 Å². The van der Waals surface area contributed by atoms with Crippen LogP contribution in [0.4, 0.5) is 0 Å². The van der Waals surface area contributed by atoms with Gasteiger partial charge in [0.1, 0.15) is 11.6 Å². The Balaban J connectivity index is 1.92. The summed E-state index contributed by atoms with van der Waals surface area (Å²) in [6.45, 7) is 4.71. The van der Waals surface area contributed by atoms with E-state index in [4.69, 9.17) is 0 Å². The maximum Gasteiger partial charge on any atom is 0.223 e. The zero-order valence-corrected chi connectivity index (χ0v) is 24.6. The van der Waals surface area contributed by atoms with Gasteiger partial charge in [-0.25, -0.2) is 0 Å². The molecule has 0 bridgehead atoms. The van der Waals surface area contributed by atoms with Gasteiger partial charge in [0.15, 0.2) is 0 Å². The molecule has 2 aliphatic carbocycles. The van der Waals surface area contributed by atoms with Crippen LogP contribution >= 0.6 is 0 Å². The molecule has 3 unspecified atom stereocenters. The fourth-order valence-electron chi connectivity index (χ4n) is 6.49. The number of amides is 1. The third-order valence-corrected chi connectivity index (χ3v) is 9.02. The van der Waals surface area contributed by atoms with Crippen molar-refractivity contribution in [2.45, 2.75) is 148 Å². The molecule has 2 fully saturated rings. The molecule has 2 aliphatic rings. The second-order valence-corrected chi connectivity index (χ2v) is 12.3. The van der Waals surface area contributed by atoms with Gasteiger partial charge in [-0.05, 0) is 56.8 Å². The van der Waals surface area contributed by atoms with E-state index in [-0.39, 0.29) is 35.7 Å². The first kappa shape index (κ1) is 32.7. The van der Waals surface area contributed by atoms with E-state index in [2.05, 4.69) is 12.2 Å². The molecule has 2 saturated carbocycles. The molecular formula is C33H57NO4. The highest BCUT2D eigenvalue weighted by Gasteiger charge is 2.30. The Hall–Kier alpha value is -1.49. The summed E-state index contributed by atoms with van der Waals surface area (Å²) in [6, 6.07) is 0. The molecule has 0 aliphatic heterocycles. The van der Waals surface area contributed by atoms with Gasteiger partial charge in [-0.2, -0.15) is 0 Å². The first-order valence-electron chi connectivity index (χ1n) is 16.0. The third-order valence-electron chi connectivity index (χ3n) is 9.02. The minimum Gasteiger partial charge on any atom is -0.393 e. The summed E-state index contributed by atoms with van der Waals surface area (Å²) < 4.78 is 0. The molecular weight excluding hydrogens is 474 g/mol. The second kappa shape index (κ2) is 19.6. The van der Waals surface area contributed by atoms with E-state index >= 15 is 0 Å². The van der Waals surface area contributed by atoms with E-state index in [1.54, 1.807) is 0 Å². The van der Waals surface area contributed by atoms with E-state index < -0.39 is 6.10 Å². The summed E-state index contributed by atoms with van der Waals surface area (Å²) in [5.41, 5.74) is 0. The molecule has 5 heteroatoms. The van der Waals surface area contributed by atoms with Crippen molar-refractivity contribution in [3.63, 3.8) is 0 Å². The highest BCUT2D eigenvalue weighted by atomic mass is 16.3. The van der Waals surface area contributed by atoms with Crippen LogP contribution in [0.15, 0.2) is 12.2 Å². The summed E-state index contributed by atoms with van der Waals surface area (Å²) in [4.78, 5) is 38.4. The number of hydrogen-bond acceptors (Lipinski definition) is 4. The SMILES string of the molecule is CC=CCC(CC(O)C(CC(=O)CCC(=O)CCC1CCCCC1)CC1CCCCC1)C(=O)NCCCC. The Morgan fingerprint density at radius 3 is 2.16 bits per heavy atom. The van der Waals surface area contributed by atoms with Crippen LogP contribution in [0.2, 0.25) is 0 Å². The second-order valence-electron chi connectivity index (χ2n) is 12.3. The topological polar surface area (TPSA) is 83.5 Å². The predicted octanol–water partition coefficient (Wildman–Crippen LogP) is 7.49. The number of hydrogen-bond donors (Lipinski definition) is 2. The fraction of sp³-hybridized carbons (Fsp3) is 0.848. The van der Waals surface area contributed by atoms with Crippen LogP contribution in [0, 0.1) is 23.7 Å². The summed E-state index contributed by atoms with van der Waals surface area (Å²) in [7, 11) is 0. The largest absolute Gasteiger partial charge is 0.393 e. The van der Waals surface area contributed by atoms with E-state index in [0.717, 1.165) is 38.5 Å². The minimum absolute atomic E-state index is 0.00176. The molecule has 0 saturated heterocycles. The maximum atomic E-state index is 13.0. The lowest BCUT2D eigenvalue weighted by molar-refractivity contribution is -0.127. The quantitative estimate of drug-likeness (QED) is 0.134. The van der Waals surface area contributed by atoms with Gasteiger partial charge in [-0.3, -0.25) is 14.4 Å². The summed E-state index contributed by atoms with van der Waals surface area (Å²) in [5.74, 6) is 1.11. The van der Waals surface area contributed by atoms with Crippen LogP contribution in [0.1, 0.15) is 142 Å². The summed E-state index contributed by atoms with van der Waals surface area (Å²) >= 11 is 0. The zero-order chi connectivity index (χ0) is 27.6. The molecule has 0 spiro atoms. The number of allylic oxidation sites excluding steroid dienone is 2. The monoisotopic (exact) mass is 531 g/mol. The highest BCUT2D eigenvalue weighted by molar-refractivity contribution is 5.86. The number of rotatable bonds is 19. The van der Waals surface area contributed by atoms with E-state index in [9.17, 15) is 19.5 Å². The first-order valence-corrected chi connectivity index (χ1v) is 16.0. The van der Waals surface area contributed by atoms with Gasteiger partial charge in [0, 0.05) is 38.1 Å². The van der Waals surface area contributed by atoms with Crippen LogP contribution in [-0.4, -0.2) is 35.2 Å². The average molecular weight is 532 g/mol. The van der Waals surface area contributed by atoms with Crippen molar-refractivity contribution >= 4 is 17.5 Å². The van der Waals surface area contributed by atoms with Crippen molar-refractivity contribution < 1.29 is 19.5 Å². The number of aliphatic hydroxyl groups excluding tert-OH is 1. The van der Waals surface area contributed by atoms with Gasteiger partial charge in [0.25, 0.3) is 0 Å². The molecule has 5 nitrogen and oxygen atoms in total. The van der Waals surface area contributed by atoms with Crippen molar-refractivity contribution in [2.24, 2.45) is 23.7 Å². The number of ketones is 2. The molecule has 0 aromatic carbocycles. The Morgan fingerprint density at radius 1 is 0.895 bits per heavy atom. The molecule has 3 atom stereocenters. The van der Waals surface area contributed by atoms with Crippen LogP contribution in [0.5, 0.6) is 0 Å². The van der Waals surface area contributed by atoms with E-state index in [1.165, 1.54) is 51.4 Å². The van der Waals surface area contributed by atoms with Crippen molar-refractivity contribution in [1.82, 2.24) is 5.32 Å². The average Bonchev–Trinajstić information content (AvgIpc) is 2.93. The highest BCUT2D eigenvalue weighted by Crippen LogP contribution is 2.34. The third kappa shape index (κ3) is 13.5. The molecule has 38 heavy (non-hydrogen) atoms. The summed E-state index contributed by atoms with van der Waals surface area (Å²) in [6.07, 6.45) is 22.0. The lowest BCUT2D eigenvalue weighted by atomic mass is 9.77. The van der Waals surface area contributed by atoms with Crippen molar-refractivity contribution in [3.05, 3.63) is 12.2 Å². The number of unbranched alkanes of at least 4 members (excludes halogenated alkanes) is 1. The molecule has 0 aromatic rings. The van der Waals surface area contributed by atoms with Gasteiger partial charge >= 0.3 is 0 Å². The Kier molecular flexibility index (Phi) is 16.8. The molecule has 0 radical (unpaired) electrons. The molecule has 2 rings (SSSR count). The molecule has 2 N–H and O–H groups in total. The molecule has 218 valence electrons. The summed E-state index contributed by atoms with van der Waals surface area (Å²) in [5, 5.41) is 14.4. The van der Waals surface area contributed by atoms with Gasteiger partial charge in [0.05, 0.1) is 6.10 Å².